The number of rotatable bonds is 4. The number of amides is 2. The van der Waals surface area contributed by atoms with Crippen LogP contribution in [0.4, 0.5) is 16.3 Å². The van der Waals surface area contributed by atoms with Gasteiger partial charge in [0.2, 0.25) is 0 Å². The second-order valence-corrected chi connectivity index (χ2v) is 4.54. The van der Waals surface area contributed by atoms with E-state index in [1.54, 1.807) is 19.1 Å². The number of urea groups is 1. The molecule has 0 saturated carbocycles. The zero-order valence-electron chi connectivity index (χ0n) is 11.7. The molecule has 112 valence electrons. The second kappa shape index (κ2) is 5.92. The normalized spacial score (nSPS) is 10.3. The molecule has 1 aromatic heterocycles. The van der Waals surface area contributed by atoms with Gasteiger partial charge in [-0.2, -0.15) is 0 Å². The summed E-state index contributed by atoms with van der Waals surface area (Å²) in [6.45, 7) is 1.70. The number of carbonyl (C=O) groups excluding carboxylic acids is 1. The molecule has 0 spiro atoms. The monoisotopic (exact) mass is 311 g/mol. The molecule has 21 heavy (non-hydrogen) atoms. The molecule has 2 aromatic rings. The van der Waals surface area contributed by atoms with E-state index in [1.807, 2.05) is 0 Å². The van der Waals surface area contributed by atoms with Gasteiger partial charge in [0, 0.05) is 12.1 Å². The molecular formula is C13H14ClN3O4. The van der Waals surface area contributed by atoms with Gasteiger partial charge in [-0.25, -0.2) is 9.69 Å². The van der Waals surface area contributed by atoms with Crippen LogP contribution < -0.4 is 20.1 Å². The summed E-state index contributed by atoms with van der Waals surface area (Å²) in [5.41, 5.74) is 5.77. The fraction of sp³-hybridized carbons (Fsp3) is 0.231. The van der Waals surface area contributed by atoms with Crippen molar-refractivity contribution in [3.8, 4) is 11.5 Å². The van der Waals surface area contributed by atoms with Crippen molar-refractivity contribution >= 4 is 29.1 Å². The Balaban J connectivity index is 2.60. The van der Waals surface area contributed by atoms with Crippen LogP contribution >= 0.6 is 11.6 Å². The van der Waals surface area contributed by atoms with Crippen molar-refractivity contribution in [3.05, 3.63) is 29.0 Å². The number of nitrogens with zero attached hydrogens (tertiary/aromatic N) is 2. The van der Waals surface area contributed by atoms with Crippen LogP contribution in [0.5, 0.6) is 11.5 Å². The number of hydrogen-bond donors (Lipinski definition) is 1. The van der Waals surface area contributed by atoms with E-state index in [9.17, 15) is 4.79 Å². The fourth-order valence-electron chi connectivity index (χ4n) is 1.83. The van der Waals surface area contributed by atoms with E-state index >= 15 is 0 Å². The first-order valence-corrected chi connectivity index (χ1v) is 6.30. The Morgan fingerprint density at radius 1 is 1.29 bits per heavy atom. The van der Waals surface area contributed by atoms with Crippen molar-refractivity contribution in [2.75, 3.05) is 19.1 Å². The summed E-state index contributed by atoms with van der Waals surface area (Å²) in [7, 11) is 2.94. The fourth-order valence-corrected chi connectivity index (χ4v) is 2.07. The maximum absolute atomic E-state index is 11.8. The Morgan fingerprint density at radius 3 is 2.43 bits per heavy atom. The minimum absolute atomic E-state index is 0.236. The molecule has 0 radical (unpaired) electrons. The first kappa shape index (κ1) is 15.0. The van der Waals surface area contributed by atoms with Gasteiger partial charge in [-0.3, -0.25) is 0 Å². The molecular weight excluding hydrogens is 298 g/mol. The van der Waals surface area contributed by atoms with E-state index < -0.39 is 6.03 Å². The molecule has 1 heterocycles. The number of benzene rings is 1. The Morgan fingerprint density at radius 2 is 1.95 bits per heavy atom. The van der Waals surface area contributed by atoms with E-state index in [0.29, 0.717) is 28.0 Å². The molecule has 0 bridgehead atoms. The number of ether oxygens (including phenoxy) is 2. The van der Waals surface area contributed by atoms with E-state index in [2.05, 4.69) is 5.16 Å². The van der Waals surface area contributed by atoms with Gasteiger partial charge in [0.1, 0.15) is 17.3 Å². The number of anilines is 2. The number of halogens is 1. The number of hydrogen-bond acceptors (Lipinski definition) is 5. The molecule has 2 rings (SSSR count). The van der Waals surface area contributed by atoms with Crippen LogP contribution in [0.2, 0.25) is 5.02 Å². The van der Waals surface area contributed by atoms with Gasteiger partial charge in [0.15, 0.2) is 5.82 Å². The summed E-state index contributed by atoms with van der Waals surface area (Å²) in [5.74, 6) is 1.54. The molecule has 0 fully saturated rings. The van der Waals surface area contributed by atoms with Crippen LogP contribution in [0.25, 0.3) is 0 Å². The first-order valence-electron chi connectivity index (χ1n) is 5.92. The van der Waals surface area contributed by atoms with Crippen molar-refractivity contribution in [2.24, 2.45) is 5.73 Å². The van der Waals surface area contributed by atoms with Gasteiger partial charge in [-0.15, -0.1) is 0 Å². The molecule has 1 aromatic carbocycles. The highest BCUT2D eigenvalue weighted by Crippen LogP contribution is 2.40. The van der Waals surface area contributed by atoms with Crippen LogP contribution in [0, 0.1) is 6.92 Å². The summed E-state index contributed by atoms with van der Waals surface area (Å²) in [6.07, 6.45) is 0. The standard InChI is InChI=1S/C13H14ClN3O4/c1-7-4-12(16-21-7)17(13(15)18)9-5-8(14)10(19-2)6-11(9)20-3/h4-6H,1-3H3,(H2,15,18). The van der Waals surface area contributed by atoms with Crippen LogP contribution in [0.3, 0.4) is 0 Å². The number of aryl methyl sites for hydroxylation is 1. The molecule has 0 aliphatic heterocycles. The van der Waals surface area contributed by atoms with Gasteiger partial charge in [0.05, 0.1) is 24.9 Å². The number of aromatic nitrogens is 1. The largest absolute Gasteiger partial charge is 0.495 e. The van der Waals surface area contributed by atoms with Crippen molar-refractivity contribution in [1.29, 1.82) is 0 Å². The Kier molecular flexibility index (Phi) is 4.23. The summed E-state index contributed by atoms with van der Waals surface area (Å²) in [5, 5.41) is 4.09. The molecule has 7 nitrogen and oxygen atoms in total. The maximum Gasteiger partial charge on any atom is 0.325 e. The Hall–Kier alpha value is -2.41. The molecule has 2 N–H and O–H groups in total. The van der Waals surface area contributed by atoms with Crippen LogP contribution in [0.1, 0.15) is 5.76 Å². The lowest BCUT2D eigenvalue weighted by atomic mass is 10.2. The molecule has 0 saturated heterocycles. The summed E-state index contributed by atoms with van der Waals surface area (Å²) < 4.78 is 15.3. The van der Waals surface area contributed by atoms with E-state index in [0.717, 1.165) is 4.90 Å². The lowest BCUT2D eigenvalue weighted by Crippen LogP contribution is -2.32. The third-order valence-corrected chi connectivity index (χ3v) is 3.05. The first-order chi connectivity index (χ1) is 9.97. The van der Waals surface area contributed by atoms with Crippen molar-refractivity contribution in [3.63, 3.8) is 0 Å². The highest BCUT2D eigenvalue weighted by atomic mass is 35.5. The SMILES string of the molecule is COc1cc(OC)c(N(C(N)=O)c2cc(C)on2)cc1Cl. The molecule has 2 amide bonds. The number of carbonyl (C=O) groups is 1. The quantitative estimate of drug-likeness (QED) is 0.937. The number of methoxy groups -OCH3 is 2. The number of primary amides is 1. The van der Waals surface area contributed by atoms with Gasteiger partial charge in [-0.05, 0) is 13.0 Å². The van der Waals surface area contributed by atoms with Crippen molar-refractivity contribution in [2.45, 2.75) is 6.92 Å². The summed E-state index contributed by atoms with van der Waals surface area (Å²) >= 11 is 6.10. The zero-order valence-corrected chi connectivity index (χ0v) is 12.5. The topological polar surface area (TPSA) is 90.8 Å². The minimum Gasteiger partial charge on any atom is -0.495 e. The summed E-state index contributed by atoms with van der Waals surface area (Å²) in [6, 6.07) is 3.89. The van der Waals surface area contributed by atoms with Gasteiger partial charge < -0.3 is 19.7 Å². The average molecular weight is 312 g/mol. The van der Waals surface area contributed by atoms with Gasteiger partial charge >= 0.3 is 6.03 Å². The lowest BCUT2D eigenvalue weighted by Gasteiger charge is -2.20. The summed E-state index contributed by atoms with van der Waals surface area (Å²) in [4.78, 5) is 12.9. The Bertz CT molecular complexity index is 671. The molecule has 0 aliphatic carbocycles. The van der Waals surface area contributed by atoms with Gasteiger partial charge in [-0.1, -0.05) is 16.8 Å². The smallest absolute Gasteiger partial charge is 0.325 e. The Labute approximate surface area is 126 Å². The van der Waals surface area contributed by atoms with Crippen LogP contribution in [-0.2, 0) is 0 Å². The van der Waals surface area contributed by atoms with Crippen LogP contribution in [-0.4, -0.2) is 25.4 Å². The molecule has 0 atom stereocenters. The van der Waals surface area contributed by atoms with Crippen LogP contribution in [0.15, 0.2) is 22.7 Å². The third-order valence-electron chi connectivity index (χ3n) is 2.76. The van der Waals surface area contributed by atoms with Crippen molar-refractivity contribution < 1.29 is 18.8 Å². The second-order valence-electron chi connectivity index (χ2n) is 4.13. The molecule has 8 heteroatoms. The average Bonchev–Trinajstić information content (AvgIpc) is 2.85. The van der Waals surface area contributed by atoms with E-state index in [1.165, 1.54) is 20.3 Å². The van der Waals surface area contributed by atoms with Gasteiger partial charge in [0.25, 0.3) is 0 Å². The highest BCUT2D eigenvalue weighted by Gasteiger charge is 2.24. The zero-order chi connectivity index (χ0) is 15.6. The molecule has 0 aliphatic rings. The van der Waals surface area contributed by atoms with Crippen molar-refractivity contribution in [1.82, 2.24) is 5.16 Å². The number of nitrogens with two attached hydrogens (primary N) is 1. The maximum atomic E-state index is 11.8. The van der Waals surface area contributed by atoms with E-state index in [4.69, 9.17) is 31.3 Å². The van der Waals surface area contributed by atoms with E-state index in [-0.39, 0.29) is 5.82 Å². The predicted octanol–water partition coefficient (Wildman–Crippen LogP) is 2.87. The predicted molar refractivity (Wildman–Crippen MR) is 77.5 cm³/mol. The highest BCUT2D eigenvalue weighted by molar-refractivity contribution is 6.32. The third kappa shape index (κ3) is 2.87. The lowest BCUT2D eigenvalue weighted by molar-refractivity contribution is 0.255. The molecule has 0 unspecified atom stereocenters. The minimum atomic E-state index is -0.747.